The fourth-order valence-electron chi connectivity index (χ4n) is 1.51. The molecule has 0 aliphatic carbocycles. The number of aryl methyl sites for hydroxylation is 1. The maximum absolute atomic E-state index is 11.6. The van der Waals surface area contributed by atoms with Gasteiger partial charge in [0, 0.05) is 23.7 Å². The van der Waals surface area contributed by atoms with Crippen LogP contribution in [0.3, 0.4) is 0 Å². The Morgan fingerprint density at radius 1 is 1.45 bits per heavy atom. The number of amides is 2. The predicted molar refractivity (Wildman–Crippen MR) is 82.7 cm³/mol. The van der Waals surface area contributed by atoms with Crippen LogP contribution >= 0.6 is 11.8 Å². The third kappa shape index (κ3) is 5.36. The van der Waals surface area contributed by atoms with Crippen molar-refractivity contribution in [2.45, 2.75) is 6.92 Å². The minimum Gasteiger partial charge on any atom is -0.478 e. The number of aromatic carboxylic acids is 1. The first-order chi connectivity index (χ1) is 9.54. The van der Waals surface area contributed by atoms with Gasteiger partial charge < -0.3 is 15.7 Å². The molecule has 0 heterocycles. The zero-order valence-electron chi connectivity index (χ0n) is 11.3. The van der Waals surface area contributed by atoms with Crippen molar-refractivity contribution in [2.24, 2.45) is 0 Å². The monoisotopic (exact) mass is 294 g/mol. The lowest BCUT2D eigenvalue weighted by molar-refractivity contribution is 0.0696. The second kappa shape index (κ2) is 8.27. The Kier molecular flexibility index (Phi) is 6.66. The minimum absolute atomic E-state index is 0.185. The van der Waals surface area contributed by atoms with Gasteiger partial charge in [0.1, 0.15) is 0 Å². The Hall–Kier alpha value is -1.95. The summed E-state index contributed by atoms with van der Waals surface area (Å²) < 4.78 is 0. The lowest BCUT2D eigenvalue weighted by Crippen LogP contribution is -2.30. The Bertz CT molecular complexity index is 503. The number of nitrogens with one attached hydrogen (secondary N) is 2. The summed E-state index contributed by atoms with van der Waals surface area (Å²) in [5.74, 6) is 0.643. The third-order valence-electron chi connectivity index (χ3n) is 2.49. The van der Waals surface area contributed by atoms with Crippen molar-refractivity contribution in [3.8, 4) is 0 Å². The average molecular weight is 294 g/mol. The van der Waals surface area contributed by atoms with E-state index in [1.165, 1.54) is 6.07 Å². The van der Waals surface area contributed by atoms with Crippen LogP contribution in [0.5, 0.6) is 0 Å². The van der Waals surface area contributed by atoms with Crippen molar-refractivity contribution in [3.63, 3.8) is 0 Å². The SMILES string of the molecule is C=CCSCCNC(=O)Nc1ccc(C)c(C(=O)O)c1. The van der Waals surface area contributed by atoms with E-state index in [2.05, 4.69) is 17.2 Å². The smallest absolute Gasteiger partial charge is 0.336 e. The van der Waals surface area contributed by atoms with Gasteiger partial charge in [-0.2, -0.15) is 11.8 Å². The van der Waals surface area contributed by atoms with Crippen molar-refractivity contribution in [3.05, 3.63) is 42.0 Å². The topological polar surface area (TPSA) is 78.4 Å². The zero-order chi connectivity index (χ0) is 15.0. The summed E-state index contributed by atoms with van der Waals surface area (Å²) in [5, 5.41) is 14.3. The van der Waals surface area contributed by atoms with Crippen LogP contribution in [0, 0.1) is 6.92 Å². The summed E-state index contributed by atoms with van der Waals surface area (Å²) in [6, 6.07) is 4.45. The number of thioether (sulfide) groups is 1. The molecule has 5 nitrogen and oxygen atoms in total. The molecule has 0 atom stereocenters. The van der Waals surface area contributed by atoms with Gasteiger partial charge in [0.05, 0.1) is 5.56 Å². The maximum Gasteiger partial charge on any atom is 0.336 e. The van der Waals surface area contributed by atoms with Crippen LogP contribution < -0.4 is 10.6 Å². The summed E-state index contributed by atoms with van der Waals surface area (Å²) in [4.78, 5) is 22.6. The van der Waals surface area contributed by atoms with Gasteiger partial charge in [-0.05, 0) is 24.6 Å². The lowest BCUT2D eigenvalue weighted by atomic mass is 10.1. The number of carbonyl (C=O) groups excluding carboxylic acids is 1. The second-order valence-electron chi connectivity index (χ2n) is 4.08. The normalized spacial score (nSPS) is 9.85. The van der Waals surface area contributed by atoms with Crippen molar-refractivity contribution in [2.75, 3.05) is 23.4 Å². The number of anilines is 1. The third-order valence-corrected chi connectivity index (χ3v) is 3.46. The van der Waals surface area contributed by atoms with Crippen LogP contribution in [0.15, 0.2) is 30.9 Å². The first-order valence-corrected chi connectivity index (χ1v) is 7.27. The second-order valence-corrected chi connectivity index (χ2v) is 5.23. The highest BCUT2D eigenvalue weighted by Gasteiger charge is 2.09. The van der Waals surface area contributed by atoms with Crippen LogP contribution in [0.1, 0.15) is 15.9 Å². The van der Waals surface area contributed by atoms with Crippen LogP contribution in [-0.2, 0) is 0 Å². The summed E-state index contributed by atoms with van der Waals surface area (Å²) in [7, 11) is 0. The quantitative estimate of drug-likeness (QED) is 0.534. The van der Waals surface area contributed by atoms with Gasteiger partial charge in [0.25, 0.3) is 0 Å². The number of carboxylic acids is 1. The number of hydrogen-bond acceptors (Lipinski definition) is 3. The first-order valence-electron chi connectivity index (χ1n) is 6.12. The van der Waals surface area contributed by atoms with Crippen LogP contribution in [0.2, 0.25) is 0 Å². The van der Waals surface area contributed by atoms with Gasteiger partial charge in [-0.15, -0.1) is 6.58 Å². The van der Waals surface area contributed by atoms with Gasteiger partial charge in [-0.1, -0.05) is 12.1 Å². The molecule has 3 N–H and O–H groups in total. The molecular formula is C14H18N2O3S. The fourth-order valence-corrected chi connectivity index (χ4v) is 2.09. The number of benzene rings is 1. The van der Waals surface area contributed by atoms with E-state index >= 15 is 0 Å². The molecule has 20 heavy (non-hydrogen) atoms. The summed E-state index contributed by atoms with van der Waals surface area (Å²) in [5.41, 5.74) is 1.30. The van der Waals surface area contributed by atoms with Crippen molar-refractivity contribution < 1.29 is 14.7 Å². The van der Waals surface area contributed by atoms with E-state index in [4.69, 9.17) is 5.11 Å². The largest absolute Gasteiger partial charge is 0.478 e. The van der Waals surface area contributed by atoms with Gasteiger partial charge in [0.15, 0.2) is 0 Å². The molecule has 6 heteroatoms. The fraction of sp³-hybridized carbons (Fsp3) is 0.286. The molecular weight excluding hydrogens is 276 g/mol. The molecule has 0 aliphatic heterocycles. The Morgan fingerprint density at radius 3 is 2.85 bits per heavy atom. The van der Waals surface area contributed by atoms with Gasteiger partial charge >= 0.3 is 12.0 Å². The van der Waals surface area contributed by atoms with E-state index in [0.29, 0.717) is 17.8 Å². The van der Waals surface area contributed by atoms with Gasteiger partial charge in [-0.25, -0.2) is 9.59 Å². The molecule has 0 aliphatic rings. The van der Waals surface area contributed by atoms with Gasteiger partial charge in [-0.3, -0.25) is 0 Å². The maximum atomic E-state index is 11.6. The summed E-state index contributed by atoms with van der Waals surface area (Å²) >= 11 is 1.67. The number of rotatable bonds is 7. The number of urea groups is 1. The Balaban J connectivity index is 2.47. The standard InChI is InChI=1S/C14H18N2O3S/c1-3-7-20-8-6-15-14(19)16-11-5-4-10(2)12(9-11)13(17)18/h3-5,9H,1,6-8H2,2H3,(H,17,18)(H2,15,16,19). The molecule has 1 aromatic carbocycles. The van der Waals surface area contributed by atoms with E-state index in [9.17, 15) is 9.59 Å². The summed E-state index contributed by atoms with van der Waals surface area (Å²) in [6.45, 7) is 5.87. The minimum atomic E-state index is -1.01. The molecule has 2 amide bonds. The van der Waals surface area contributed by atoms with E-state index in [1.54, 1.807) is 30.8 Å². The van der Waals surface area contributed by atoms with Crippen molar-refractivity contribution in [1.29, 1.82) is 0 Å². The molecule has 1 aromatic rings. The molecule has 0 unspecified atom stereocenters. The molecule has 0 saturated heterocycles. The van der Waals surface area contributed by atoms with E-state index < -0.39 is 5.97 Å². The van der Waals surface area contributed by atoms with E-state index in [-0.39, 0.29) is 11.6 Å². The highest BCUT2D eigenvalue weighted by Crippen LogP contribution is 2.15. The predicted octanol–water partition coefficient (Wildman–Crippen LogP) is 2.73. The van der Waals surface area contributed by atoms with Crippen molar-refractivity contribution >= 4 is 29.4 Å². The number of hydrogen-bond donors (Lipinski definition) is 3. The Morgan fingerprint density at radius 2 is 2.20 bits per heavy atom. The zero-order valence-corrected chi connectivity index (χ0v) is 12.1. The number of carboxylic acid groups (broad SMARTS) is 1. The molecule has 1 rings (SSSR count). The molecule has 0 fully saturated rings. The lowest BCUT2D eigenvalue weighted by Gasteiger charge is -2.09. The molecule has 0 saturated carbocycles. The van der Waals surface area contributed by atoms with Crippen molar-refractivity contribution in [1.82, 2.24) is 5.32 Å². The van der Waals surface area contributed by atoms with Crippen LogP contribution in [0.4, 0.5) is 10.5 Å². The van der Waals surface area contributed by atoms with E-state index in [0.717, 1.165) is 11.5 Å². The Labute approximate surface area is 122 Å². The summed E-state index contributed by atoms with van der Waals surface area (Å²) in [6.07, 6.45) is 1.81. The van der Waals surface area contributed by atoms with Gasteiger partial charge in [0.2, 0.25) is 0 Å². The molecule has 108 valence electrons. The highest BCUT2D eigenvalue weighted by atomic mass is 32.2. The molecule has 0 bridgehead atoms. The molecule has 0 spiro atoms. The molecule has 0 radical (unpaired) electrons. The van der Waals surface area contributed by atoms with Crippen LogP contribution in [-0.4, -0.2) is 35.2 Å². The average Bonchev–Trinajstić information content (AvgIpc) is 2.40. The first kappa shape index (κ1) is 16.1. The molecule has 0 aromatic heterocycles. The van der Waals surface area contributed by atoms with Crippen LogP contribution in [0.25, 0.3) is 0 Å². The highest BCUT2D eigenvalue weighted by molar-refractivity contribution is 7.99. The van der Waals surface area contributed by atoms with E-state index in [1.807, 2.05) is 6.08 Å². The number of carbonyl (C=O) groups is 2.